The predicted molar refractivity (Wildman–Crippen MR) is 270 cm³/mol. The molecule has 0 saturated carbocycles. The maximum Gasteiger partial charge on any atom is 0.0714 e. The molecule has 11 aromatic carbocycles. The van der Waals surface area contributed by atoms with Crippen LogP contribution in [-0.4, -0.2) is 0 Å². The van der Waals surface area contributed by atoms with E-state index in [1.807, 2.05) is 0 Å². The molecule has 0 atom stereocenters. The van der Waals surface area contributed by atoms with Crippen molar-refractivity contribution in [3.63, 3.8) is 0 Å². The summed E-state index contributed by atoms with van der Waals surface area (Å²) in [4.78, 5) is 2.51. The number of nitrogens with zero attached hydrogens (tertiary/aromatic N) is 1. The average Bonchev–Trinajstić information content (AvgIpc) is 3.67. The van der Waals surface area contributed by atoms with E-state index in [1.54, 1.807) is 0 Å². The Morgan fingerprint density at radius 3 is 1.34 bits per heavy atom. The first kappa shape index (κ1) is 37.5. The summed E-state index contributed by atoms with van der Waals surface area (Å²) in [5.74, 6) is 0. The standard InChI is InChI=1S/C63H43N/c1-6-20-44(21-7-1)47-34-37-56-57-39-36-52(43-61(57)63(60(56)40-47,49-27-12-4-13-28-49)50-29-14-5-15-30-50)64(62-41-48-26-16-17-31-53(48)55-32-18-19-33-58(55)62)51-35-38-54(45-22-8-2-9-23-45)59(42-51)46-24-10-3-11-25-46/h1-43H. The Kier molecular flexibility index (Phi) is 9.13. The Hall–Kier alpha value is -8.26. The largest absolute Gasteiger partial charge is 0.310 e. The molecule has 1 heteroatoms. The van der Waals surface area contributed by atoms with E-state index in [1.165, 1.54) is 88.3 Å². The van der Waals surface area contributed by atoms with Crippen molar-refractivity contribution in [2.45, 2.75) is 5.41 Å². The fraction of sp³-hybridized carbons (Fsp3) is 0.0159. The number of benzene rings is 11. The van der Waals surface area contributed by atoms with Crippen LogP contribution in [0.25, 0.3) is 66.1 Å². The molecular formula is C63H43N. The van der Waals surface area contributed by atoms with Crippen LogP contribution < -0.4 is 4.90 Å². The molecule has 0 amide bonds. The maximum absolute atomic E-state index is 2.51. The Morgan fingerprint density at radius 1 is 0.266 bits per heavy atom. The van der Waals surface area contributed by atoms with Crippen LogP contribution in [-0.2, 0) is 5.41 Å². The summed E-state index contributed by atoms with van der Waals surface area (Å²) in [6.45, 7) is 0. The summed E-state index contributed by atoms with van der Waals surface area (Å²) in [5, 5.41) is 4.88. The molecular weight excluding hydrogens is 771 g/mol. The van der Waals surface area contributed by atoms with E-state index < -0.39 is 5.41 Å². The van der Waals surface area contributed by atoms with E-state index in [2.05, 4.69) is 266 Å². The molecule has 0 bridgehead atoms. The van der Waals surface area contributed by atoms with E-state index >= 15 is 0 Å². The van der Waals surface area contributed by atoms with Gasteiger partial charge >= 0.3 is 0 Å². The van der Waals surface area contributed by atoms with Gasteiger partial charge in [0.2, 0.25) is 0 Å². The Labute approximate surface area is 374 Å². The van der Waals surface area contributed by atoms with Crippen molar-refractivity contribution >= 4 is 38.6 Å². The maximum atomic E-state index is 2.51. The quantitative estimate of drug-likeness (QED) is 0.138. The van der Waals surface area contributed by atoms with Crippen LogP contribution in [0.4, 0.5) is 17.1 Å². The zero-order chi connectivity index (χ0) is 42.5. The Balaban J connectivity index is 1.17. The van der Waals surface area contributed by atoms with Crippen LogP contribution in [0.1, 0.15) is 22.3 Å². The third-order valence-corrected chi connectivity index (χ3v) is 13.3. The van der Waals surface area contributed by atoms with Gasteiger partial charge in [-0.15, -0.1) is 0 Å². The molecule has 300 valence electrons. The Morgan fingerprint density at radius 2 is 0.719 bits per heavy atom. The molecule has 12 rings (SSSR count). The molecule has 1 aliphatic carbocycles. The van der Waals surface area contributed by atoms with E-state index in [-0.39, 0.29) is 0 Å². The second kappa shape index (κ2) is 15.6. The molecule has 0 spiro atoms. The van der Waals surface area contributed by atoms with Crippen molar-refractivity contribution in [1.82, 2.24) is 0 Å². The minimum absolute atomic E-state index is 0.600. The van der Waals surface area contributed by atoms with E-state index in [0.717, 1.165) is 17.1 Å². The zero-order valence-electron chi connectivity index (χ0n) is 35.3. The molecule has 11 aromatic rings. The van der Waals surface area contributed by atoms with Gasteiger partial charge in [0.1, 0.15) is 0 Å². The molecule has 0 heterocycles. The van der Waals surface area contributed by atoms with E-state index in [0.29, 0.717) is 0 Å². The van der Waals surface area contributed by atoms with Crippen molar-refractivity contribution < 1.29 is 0 Å². The van der Waals surface area contributed by atoms with Gasteiger partial charge in [-0.05, 0) is 119 Å². The van der Waals surface area contributed by atoms with Crippen molar-refractivity contribution in [3.05, 3.63) is 283 Å². The van der Waals surface area contributed by atoms with Gasteiger partial charge in [-0.25, -0.2) is 0 Å². The van der Waals surface area contributed by atoms with Crippen molar-refractivity contribution in [2.24, 2.45) is 0 Å². The fourth-order valence-corrected chi connectivity index (χ4v) is 10.5. The molecule has 0 aromatic heterocycles. The van der Waals surface area contributed by atoms with Gasteiger partial charge in [0.05, 0.1) is 11.1 Å². The lowest BCUT2D eigenvalue weighted by atomic mass is 9.67. The molecule has 64 heavy (non-hydrogen) atoms. The van der Waals surface area contributed by atoms with E-state index in [9.17, 15) is 0 Å². The summed E-state index contributed by atoms with van der Waals surface area (Å²) >= 11 is 0. The lowest BCUT2D eigenvalue weighted by Gasteiger charge is -2.35. The monoisotopic (exact) mass is 813 g/mol. The average molecular weight is 814 g/mol. The smallest absolute Gasteiger partial charge is 0.0714 e. The minimum atomic E-state index is -0.600. The van der Waals surface area contributed by atoms with Gasteiger partial charge in [-0.3, -0.25) is 0 Å². The third kappa shape index (κ3) is 6.08. The SMILES string of the molecule is c1ccc(-c2ccc3c(c2)C(c2ccccc2)(c2ccccc2)c2cc(N(c4ccc(-c5ccccc5)c(-c5ccccc5)c4)c4cc5ccccc5c5ccccc45)ccc2-3)cc1. The number of hydrogen-bond acceptors (Lipinski definition) is 1. The normalized spacial score (nSPS) is 12.5. The highest BCUT2D eigenvalue weighted by atomic mass is 15.1. The second-order valence-electron chi connectivity index (χ2n) is 16.8. The van der Waals surface area contributed by atoms with Crippen molar-refractivity contribution in [2.75, 3.05) is 4.90 Å². The zero-order valence-corrected chi connectivity index (χ0v) is 35.3. The molecule has 0 saturated heterocycles. The summed E-state index contributed by atoms with van der Waals surface area (Å²) < 4.78 is 0. The predicted octanol–water partition coefficient (Wildman–Crippen LogP) is 16.8. The van der Waals surface area contributed by atoms with Crippen LogP contribution in [0.5, 0.6) is 0 Å². The fourth-order valence-electron chi connectivity index (χ4n) is 10.5. The number of fused-ring (bicyclic) bond motifs is 6. The first-order valence-electron chi connectivity index (χ1n) is 22.2. The first-order valence-corrected chi connectivity index (χ1v) is 22.2. The summed E-state index contributed by atoms with van der Waals surface area (Å²) in [6, 6.07) is 96.1. The van der Waals surface area contributed by atoms with Gasteiger partial charge in [-0.1, -0.05) is 224 Å². The third-order valence-electron chi connectivity index (χ3n) is 13.3. The molecule has 1 nitrogen and oxygen atoms in total. The van der Waals surface area contributed by atoms with Crippen LogP contribution in [0.15, 0.2) is 261 Å². The van der Waals surface area contributed by atoms with Crippen LogP contribution in [0.3, 0.4) is 0 Å². The van der Waals surface area contributed by atoms with Crippen LogP contribution in [0.2, 0.25) is 0 Å². The topological polar surface area (TPSA) is 3.24 Å². The summed E-state index contributed by atoms with van der Waals surface area (Å²) in [6.07, 6.45) is 0. The van der Waals surface area contributed by atoms with Crippen molar-refractivity contribution in [1.29, 1.82) is 0 Å². The van der Waals surface area contributed by atoms with Gasteiger partial charge in [0.25, 0.3) is 0 Å². The number of hydrogen-bond donors (Lipinski definition) is 0. The van der Waals surface area contributed by atoms with Gasteiger partial charge < -0.3 is 4.90 Å². The lowest BCUT2D eigenvalue weighted by molar-refractivity contribution is 0.768. The van der Waals surface area contributed by atoms with Crippen molar-refractivity contribution in [3.8, 4) is 44.5 Å². The molecule has 1 aliphatic rings. The first-order chi connectivity index (χ1) is 31.8. The number of rotatable bonds is 8. The molecule has 0 aliphatic heterocycles. The summed E-state index contributed by atoms with van der Waals surface area (Å²) in [7, 11) is 0. The molecule has 0 radical (unpaired) electrons. The molecule has 0 fully saturated rings. The lowest BCUT2D eigenvalue weighted by Crippen LogP contribution is -2.28. The minimum Gasteiger partial charge on any atom is -0.310 e. The second-order valence-corrected chi connectivity index (χ2v) is 16.8. The number of anilines is 3. The van der Waals surface area contributed by atoms with Crippen LogP contribution in [0, 0.1) is 0 Å². The van der Waals surface area contributed by atoms with Gasteiger partial charge in [-0.2, -0.15) is 0 Å². The van der Waals surface area contributed by atoms with Gasteiger partial charge in [0, 0.05) is 16.8 Å². The van der Waals surface area contributed by atoms with E-state index in [4.69, 9.17) is 0 Å². The highest BCUT2D eigenvalue weighted by molar-refractivity contribution is 6.15. The highest BCUT2D eigenvalue weighted by Gasteiger charge is 2.46. The highest BCUT2D eigenvalue weighted by Crippen LogP contribution is 2.58. The Bertz CT molecular complexity index is 3430. The molecule has 0 unspecified atom stereocenters. The van der Waals surface area contributed by atoms with Crippen LogP contribution >= 0.6 is 0 Å². The van der Waals surface area contributed by atoms with Gasteiger partial charge in [0.15, 0.2) is 0 Å². The summed E-state index contributed by atoms with van der Waals surface area (Å²) in [5.41, 5.74) is 17.4. The molecule has 0 N–H and O–H groups in total.